The van der Waals surface area contributed by atoms with Gasteiger partial charge in [-0.15, -0.1) is 0 Å². The number of ether oxygens (including phenoxy) is 1. The molecule has 1 aromatic carbocycles. The van der Waals surface area contributed by atoms with E-state index in [2.05, 4.69) is 10.1 Å². The van der Waals surface area contributed by atoms with E-state index in [4.69, 9.17) is 0 Å². The number of rotatable bonds is 2. The van der Waals surface area contributed by atoms with Gasteiger partial charge in [0, 0.05) is 5.69 Å². The van der Waals surface area contributed by atoms with Crippen LogP contribution < -0.4 is 5.32 Å². The number of esters is 2. The zero-order valence-corrected chi connectivity index (χ0v) is 8.82. The molecule has 0 aromatic heterocycles. The van der Waals surface area contributed by atoms with Crippen molar-refractivity contribution in [2.75, 3.05) is 5.32 Å². The highest BCUT2D eigenvalue weighted by molar-refractivity contribution is 6.01. The van der Waals surface area contributed by atoms with Gasteiger partial charge < -0.3 is 10.1 Å². The van der Waals surface area contributed by atoms with Crippen LogP contribution in [0.25, 0.3) is 0 Å². The lowest BCUT2D eigenvalue weighted by molar-refractivity contribution is -0.157. The molecule has 1 aromatic rings. The first-order chi connectivity index (χ1) is 7.65. The first-order valence-electron chi connectivity index (χ1n) is 4.94. The normalized spacial score (nSPS) is 15.4. The molecular weight excluding hydrogens is 206 g/mol. The second-order valence-electron chi connectivity index (χ2n) is 3.57. The van der Waals surface area contributed by atoms with Crippen molar-refractivity contribution in [2.24, 2.45) is 0 Å². The molecule has 0 amide bonds. The highest BCUT2D eigenvalue weighted by Gasteiger charge is 2.20. The molecule has 2 rings (SSSR count). The van der Waals surface area contributed by atoms with Crippen molar-refractivity contribution in [3.05, 3.63) is 41.6 Å². The van der Waals surface area contributed by atoms with Gasteiger partial charge in [-0.3, -0.25) is 4.79 Å². The van der Waals surface area contributed by atoms with Crippen LogP contribution in [-0.4, -0.2) is 11.9 Å². The summed E-state index contributed by atoms with van der Waals surface area (Å²) in [5.74, 6) is -1.14. The molecule has 1 aliphatic heterocycles. The highest BCUT2D eigenvalue weighted by atomic mass is 16.6. The molecule has 4 heteroatoms. The van der Waals surface area contributed by atoms with Crippen LogP contribution in [0.5, 0.6) is 0 Å². The Hall–Kier alpha value is -2.10. The molecule has 16 heavy (non-hydrogen) atoms. The second kappa shape index (κ2) is 4.18. The molecule has 0 unspecified atom stereocenters. The van der Waals surface area contributed by atoms with E-state index in [0.29, 0.717) is 5.70 Å². The molecule has 0 aliphatic carbocycles. The summed E-state index contributed by atoms with van der Waals surface area (Å²) in [5.41, 5.74) is 2.24. The number of carbonyl (C=O) groups excluding carboxylic acids is 2. The molecule has 0 radical (unpaired) electrons. The van der Waals surface area contributed by atoms with Crippen LogP contribution in [0.4, 0.5) is 5.69 Å². The summed E-state index contributed by atoms with van der Waals surface area (Å²) in [6, 6.07) is 7.59. The molecule has 1 aliphatic rings. The largest absolute Gasteiger partial charge is 0.388 e. The average molecular weight is 217 g/mol. The number of hydrogen-bond donors (Lipinski definition) is 1. The maximum Gasteiger partial charge on any atom is 0.362 e. The monoisotopic (exact) mass is 217 g/mol. The SMILES string of the molecule is Cc1ccc(NC2=CCC(=O)OC2=O)cc1. The quantitative estimate of drug-likeness (QED) is 0.605. The minimum Gasteiger partial charge on any atom is -0.388 e. The molecule has 0 saturated heterocycles. The van der Waals surface area contributed by atoms with Gasteiger partial charge in [0.25, 0.3) is 0 Å². The van der Waals surface area contributed by atoms with Crippen LogP contribution >= 0.6 is 0 Å². The molecule has 0 spiro atoms. The molecular formula is C12H11NO3. The molecule has 0 bridgehead atoms. The van der Waals surface area contributed by atoms with Crippen molar-refractivity contribution in [1.82, 2.24) is 0 Å². The van der Waals surface area contributed by atoms with Gasteiger partial charge in [-0.1, -0.05) is 17.7 Å². The number of aryl methyl sites for hydroxylation is 1. The van der Waals surface area contributed by atoms with Crippen molar-refractivity contribution < 1.29 is 14.3 Å². The lowest BCUT2D eigenvalue weighted by Gasteiger charge is -2.13. The molecule has 1 N–H and O–H groups in total. The summed E-state index contributed by atoms with van der Waals surface area (Å²) in [6.07, 6.45) is 1.66. The van der Waals surface area contributed by atoms with Gasteiger partial charge >= 0.3 is 11.9 Å². The van der Waals surface area contributed by atoms with Gasteiger partial charge in [0.05, 0.1) is 6.42 Å². The average Bonchev–Trinajstić information content (AvgIpc) is 2.25. The van der Waals surface area contributed by atoms with E-state index in [0.717, 1.165) is 11.3 Å². The van der Waals surface area contributed by atoms with Crippen LogP contribution in [0.2, 0.25) is 0 Å². The number of cyclic esters (lactones) is 2. The maximum atomic E-state index is 11.3. The Balaban J connectivity index is 2.13. The fourth-order valence-electron chi connectivity index (χ4n) is 1.36. The van der Waals surface area contributed by atoms with E-state index in [-0.39, 0.29) is 6.42 Å². The smallest absolute Gasteiger partial charge is 0.362 e. The molecule has 82 valence electrons. The number of carbonyl (C=O) groups is 2. The lowest BCUT2D eigenvalue weighted by Crippen LogP contribution is -2.22. The summed E-state index contributed by atoms with van der Waals surface area (Å²) in [5, 5.41) is 2.91. The Kier molecular flexibility index (Phi) is 2.72. The van der Waals surface area contributed by atoms with Crippen molar-refractivity contribution in [3.8, 4) is 0 Å². The van der Waals surface area contributed by atoms with Crippen molar-refractivity contribution >= 4 is 17.6 Å². The van der Waals surface area contributed by atoms with E-state index in [1.54, 1.807) is 0 Å². The molecule has 0 fully saturated rings. The first kappa shape index (κ1) is 10.4. The van der Waals surface area contributed by atoms with Gasteiger partial charge in [0.15, 0.2) is 0 Å². The van der Waals surface area contributed by atoms with Gasteiger partial charge in [0.2, 0.25) is 0 Å². The Morgan fingerprint density at radius 1 is 1.19 bits per heavy atom. The fourth-order valence-corrected chi connectivity index (χ4v) is 1.36. The summed E-state index contributed by atoms with van der Waals surface area (Å²) in [6.45, 7) is 1.98. The Morgan fingerprint density at radius 3 is 2.50 bits per heavy atom. The van der Waals surface area contributed by atoms with Crippen molar-refractivity contribution in [3.63, 3.8) is 0 Å². The van der Waals surface area contributed by atoms with Gasteiger partial charge in [-0.25, -0.2) is 4.79 Å². The van der Waals surface area contributed by atoms with Crippen molar-refractivity contribution in [2.45, 2.75) is 13.3 Å². The third-order valence-electron chi connectivity index (χ3n) is 2.23. The Labute approximate surface area is 92.9 Å². The van der Waals surface area contributed by atoms with E-state index in [9.17, 15) is 9.59 Å². The number of hydrogen-bond acceptors (Lipinski definition) is 4. The van der Waals surface area contributed by atoms with E-state index < -0.39 is 11.9 Å². The van der Waals surface area contributed by atoms with Gasteiger partial charge in [-0.05, 0) is 25.1 Å². The first-order valence-corrected chi connectivity index (χ1v) is 4.94. The van der Waals surface area contributed by atoms with Crippen LogP contribution in [0.3, 0.4) is 0 Å². The molecule has 0 saturated carbocycles. The fraction of sp³-hybridized carbons (Fsp3) is 0.167. The summed E-state index contributed by atoms with van der Waals surface area (Å²) >= 11 is 0. The standard InChI is InChI=1S/C12H11NO3/c1-8-2-4-9(5-3-8)13-10-6-7-11(14)16-12(10)15/h2-6,13H,7H2,1H3. The predicted molar refractivity (Wildman–Crippen MR) is 58.6 cm³/mol. The Bertz CT molecular complexity index is 460. The summed E-state index contributed by atoms with van der Waals surface area (Å²) < 4.78 is 4.49. The highest BCUT2D eigenvalue weighted by Crippen LogP contribution is 2.15. The van der Waals surface area contributed by atoms with E-state index in [1.165, 1.54) is 6.08 Å². The maximum absolute atomic E-state index is 11.3. The van der Waals surface area contributed by atoms with Crippen LogP contribution in [0.15, 0.2) is 36.0 Å². The molecule has 1 heterocycles. The molecule has 0 atom stereocenters. The third kappa shape index (κ3) is 2.28. The number of anilines is 1. The number of nitrogens with one attached hydrogen (secondary N) is 1. The Morgan fingerprint density at radius 2 is 1.88 bits per heavy atom. The predicted octanol–water partition coefficient (Wildman–Crippen LogP) is 1.76. The minimum absolute atomic E-state index is 0.125. The van der Waals surface area contributed by atoms with E-state index >= 15 is 0 Å². The van der Waals surface area contributed by atoms with Crippen LogP contribution in [-0.2, 0) is 14.3 Å². The zero-order valence-electron chi connectivity index (χ0n) is 8.82. The van der Waals surface area contributed by atoms with E-state index in [1.807, 2.05) is 31.2 Å². The van der Waals surface area contributed by atoms with Crippen molar-refractivity contribution in [1.29, 1.82) is 0 Å². The third-order valence-corrected chi connectivity index (χ3v) is 2.23. The minimum atomic E-state index is -0.628. The zero-order chi connectivity index (χ0) is 11.5. The summed E-state index contributed by atoms with van der Waals surface area (Å²) in [4.78, 5) is 22.1. The van der Waals surface area contributed by atoms with Gasteiger partial charge in [-0.2, -0.15) is 0 Å². The second-order valence-corrected chi connectivity index (χ2v) is 3.57. The lowest BCUT2D eigenvalue weighted by atomic mass is 10.2. The summed E-state index contributed by atoms with van der Waals surface area (Å²) in [7, 11) is 0. The molecule has 4 nitrogen and oxygen atoms in total. The number of benzene rings is 1. The van der Waals surface area contributed by atoms with Gasteiger partial charge in [0.1, 0.15) is 5.70 Å². The topological polar surface area (TPSA) is 55.4 Å². The van der Waals surface area contributed by atoms with Crippen LogP contribution in [0, 0.1) is 6.92 Å². The van der Waals surface area contributed by atoms with Crippen LogP contribution in [0.1, 0.15) is 12.0 Å².